The Bertz CT molecular complexity index is 682. The highest BCUT2D eigenvalue weighted by atomic mass is 35.5. The van der Waals surface area contributed by atoms with Crippen LogP contribution in [0.1, 0.15) is 20.7 Å². The van der Waals surface area contributed by atoms with Crippen molar-refractivity contribution in [1.82, 2.24) is 5.32 Å². The van der Waals surface area contributed by atoms with Crippen LogP contribution in [0, 0.1) is 0 Å². The molecule has 0 saturated heterocycles. The second kappa shape index (κ2) is 6.61. The molecule has 0 heterocycles. The first-order valence-corrected chi connectivity index (χ1v) is 6.85. The molecule has 0 bridgehead atoms. The summed E-state index contributed by atoms with van der Waals surface area (Å²) in [5.41, 5.74) is 1.11. The van der Waals surface area contributed by atoms with Crippen LogP contribution in [-0.4, -0.2) is 18.9 Å². The van der Waals surface area contributed by atoms with Crippen LogP contribution < -0.4 is 10.6 Å². The fraction of sp³-hybridized carbons (Fsp3) is 0.0667. The van der Waals surface area contributed by atoms with Gasteiger partial charge in [-0.1, -0.05) is 35.3 Å². The summed E-state index contributed by atoms with van der Waals surface area (Å²) in [6.07, 6.45) is 0. The monoisotopic (exact) mass is 322 g/mol. The van der Waals surface area contributed by atoms with Gasteiger partial charge in [0.2, 0.25) is 0 Å². The van der Waals surface area contributed by atoms with Crippen molar-refractivity contribution in [2.45, 2.75) is 0 Å². The molecule has 2 amide bonds. The van der Waals surface area contributed by atoms with E-state index in [0.717, 1.165) is 0 Å². The molecule has 2 rings (SSSR count). The van der Waals surface area contributed by atoms with Crippen molar-refractivity contribution in [3.63, 3.8) is 0 Å². The van der Waals surface area contributed by atoms with Gasteiger partial charge in [0.1, 0.15) is 0 Å². The minimum Gasteiger partial charge on any atom is -0.355 e. The highest BCUT2D eigenvalue weighted by Crippen LogP contribution is 2.21. The standard InChI is InChI=1S/C15H12Cl2N2O2/c1-18-15(21)12-4-2-3-5-13(12)19-14(20)9-6-10(16)8-11(17)7-9/h2-8H,1H3,(H,18,21)(H,19,20). The van der Waals surface area contributed by atoms with Gasteiger partial charge in [-0.05, 0) is 30.3 Å². The Hall–Kier alpha value is -2.04. The van der Waals surface area contributed by atoms with E-state index in [4.69, 9.17) is 23.2 Å². The predicted molar refractivity (Wildman–Crippen MR) is 84.2 cm³/mol. The lowest BCUT2D eigenvalue weighted by Gasteiger charge is -2.10. The third-order valence-corrected chi connectivity index (χ3v) is 3.21. The zero-order valence-corrected chi connectivity index (χ0v) is 12.6. The number of para-hydroxylation sites is 1. The number of amides is 2. The van der Waals surface area contributed by atoms with E-state index < -0.39 is 5.91 Å². The van der Waals surface area contributed by atoms with Gasteiger partial charge in [0.15, 0.2) is 0 Å². The van der Waals surface area contributed by atoms with E-state index in [1.807, 2.05) is 0 Å². The summed E-state index contributed by atoms with van der Waals surface area (Å²) < 4.78 is 0. The summed E-state index contributed by atoms with van der Waals surface area (Å²) in [5.74, 6) is -0.675. The molecule has 0 aromatic heterocycles. The van der Waals surface area contributed by atoms with Crippen LogP contribution in [0.5, 0.6) is 0 Å². The van der Waals surface area contributed by atoms with Gasteiger partial charge < -0.3 is 10.6 Å². The summed E-state index contributed by atoms with van der Waals surface area (Å²) in [4.78, 5) is 24.0. The van der Waals surface area contributed by atoms with Crippen molar-refractivity contribution >= 4 is 40.7 Å². The quantitative estimate of drug-likeness (QED) is 0.907. The Labute approximate surface area is 132 Å². The van der Waals surface area contributed by atoms with Gasteiger partial charge in [0, 0.05) is 22.7 Å². The fourth-order valence-electron chi connectivity index (χ4n) is 1.80. The number of nitrogens with one attached hydrogen (secondary N) is 2. The Kier molecular flexibility index (Phi) is 4.83. The molecule has 6 heteroatoms. The van der Waals surface area contributed by atoms with Crippen molar-refractivity contribution in [3.8, 4) is 0 Å². The van der Waals surface area contributed by atoms with E-state index in [2.05, 4.69) is 10.6 Å². The first-order chi connectivity index (χ1) is 10.0. The number of carbonyl (C=O) groups excluding carboxylic acids is 2. The number of hydrogen-bond donors (Lipinski definition) is 2. The summed E-state index contributed by atoms with van der Waals surface area (Å²) in [7, 11) is 1.53. The van der Waals surface area contributed by atoms with Gasteiger partial charge >= 0.3 is 0 Å². The van der Waals surface area contributed by atoms with E-state index in [-0.39, 0.29) is 5.91 Å². The zero-order valence-electron chi connectivity index (χ0n) is 11.1. The Morgan fingerprint density at radius 3 is 2.19 bits per heavy atom. The molecule has 2 N–H and O–H groups in total. The number of halogens is 2. The summed E-state index contributed by atoms with van der Waals surface area (Å²) in [6.45, 7) is 0. The highest BCUT2D eigenvalue weighted by Gasteiger charge is 2.13. The third kappa shape index (κ3) is 3.74. The van der Waals surface area contributed by atoms with E-state index in [1.54, 1.807) is 30.3 Å². The maximum Gasteiger partial charge on any atom is 0.255 e. The summed E-state index contributed by atoms with van der Waals surface area (Å²) in [6, 6.07) is 11.3. The molecule has 0 radical (unpaired) electrons. The molecule has 2 aromatic carbocycles. The number of carbonyl (C=O) groups is 2. The van der Waals surface area contributed by atoms with Gasteiger partial charge in [-0.2, -0.15) is 0 Å². The molecule has 0 aliphatic heterocycles. The molecule has 0 atom stereocenters. The van der Waals surface area contributed by atoms with Gasteiger partial charge in [-0.15, -0.1) is 0 Å². The van der Waals surface area contributed by atoms with Crippen LogP contribution in [0.25, 0.3) is 0 Å². The first kappa shape index (κ1) is 15.4. The highest BCUT2D eigenvalue weighted by molar-refractivity contribution is 6.35. The SMILES string of the molecule is CNC(=O)c1ccccc1NC(=O)c1cc(Cl)cc(Cl)c1. The van der Waals surface area contributed by atoms with Gasteiger partial charge in [-0.25, -0.2) is 0 Å². The fourth-order valence-corrected chi connectivity index (χ4v) is 2.33. The largest absolute Gasteiger partial charge is 0.355 e. The molecule has 21 heavy (non-hydrogen) atoms. The first-order valence-electron chi connectivity index (χ1n) is 6.10. The van der Waals surface area contributed by atoms with Gasteiger partial charge in [0.25, 0.3) is 11.8 Å². The second-order valence-electron chi connectivity index (χ2n) is 4.24. The molecular weight excluding hydrogens is 311 g/mol. The zero-order chi connectivity index (χ0) is 15.4. The predicted octanol–water partition coefficient (Wildman–Crippen LogP) is 3.61. The van der Waals surface area contributed by atoms with Crippen LogP contribution in [-0.2, 0) is 0 Å². The Morgan fingerprint density at radius 2 is 1.57 bits per heavy atom. The van der Waals surface area contributed by atoms with Crippen LogP contribution >= 0.6 is 23.2 Å². The summed E-state index contributed by atoms with van der Waals surface area (Å²) >= 11 is 11.7. The summed E-state index contributed by atoms with van der Waals surface area (Å²) in [5, 5.41) is 5.94. The maximum absolute atomic E-state index is 12.2. The average molecular weight is 323 g/mol. The van der Waals surface area contributed by atoms with Crippen molar-refractivity contribution in [2.75, 3.05) is 12.4 Å². The number of rotatable bonds is 3. The van der Waals surface area contributed by atoms with Crippen molar-refractivity contribution in [3.05, 3.63) is 63.6 Å². The van der Waals surface area contributed by atoms with E-state index in [1.165, 1.54) is 19.2 Å². The molecule has 108 valence electrons. The molecular formula is C15H12Cl2N2O2. The maximum atomic E-state index is 12.2. The minimum absolute atomic E-state index is 0.282. The molecule has 0 fully saturated rings. The molecule has 0 spiro atoms. The Morgan fingerprint density at radius 1 is 0.952 bits per heavy atom. The average Bonchev–Trinajstić information content (AvgIpc) is 2.46. The number of benzene rings is 2. The van der Waals surface area contributed by atoms with Crippen molar-refractivity contribution in [1.29, 1.82) is 0 Å². The van der Waals surface area contributed by atoms with Crippen molar-refractivity contribution < 1.29 is 9.59 Å². The molecule has 0 saturated carbocycles. The van der Waals surface area contributed by atoms with E-state index in [9.17, 15) is 9.59 Å². The number of hydrogen-bond acceptors (Lipinski definition) is 2. The van der Waals surface area contributed by atoms with Crippen LogP contribution in [0.15, 0.2) is 42.5 Å². The second-order valence-corrected chi connectivity index (χ2v) is 5.11. The van der Waals surface area contributed by atoms with Crippen LogP contribution in [0.3, 0.4) is 0 Å². The Balaban J connectivity index is 2.30. The van der Waals surface area contributed by atoms with E-state index in [0.29, 0.717) is 26.9 Å². The molecule has 2 aromatic rings. The lowest BCUT2D eigenvalue weighted by Crippen LogP contribution is -2.21. The molecule has 0 unspecified atom stereocenters. The van der Waals surface area contributed by atoms with Crippen LogP contribution in [0.4, 0.5) is 5.69 Å². The van der Waals surface area contributed by atoms with Crippen molar-refractivity contribution in [2.24, 2.45) is 0 Å². The third-order valence-electron chi connectivity index (χ3n) is 2.77. The minimum atomic E-state index is -0.393. The van der Waals surface area contributed by atoms with Gasteiger partial charge in [0.05, 0.1) is 11.3 Å². The normalized spacial score (nSPS) is 10.0. The van der Waals surface area contributed by atoms with E-state index >= 15 is 0 Å². The van der Waals surface area contributed by atoms with Crippen LogP contribution in [0.2, 0.25) is 10.0 Å². The lowest BCUT2D eigenvalue weighted by molar-refractivity contribution is 0.0964. The molecule has 4 nitrogen and oxygen atoms in total. The lowest BCUT2D eigenvalue weighted by atomic mass is 10.1. The number of anilines is 1. The topological polar surface area (TPSA) is 58.2 Å². The smallest absolute Gasteiger partial charge is 0.255 e. The van der Waals surface area contributed by atoms with Gasteiger partial charge in [-0.3, -0.25) is 9.59 Å². The molecule has 0 aliphatic carbocycles. The molecule has 0 aliphatic rings.